The minimum absolute atomic E-state index is 0.118. The van der Waals surface area contributed by atoms with Crippen LogP contribution in [0.3, 0.4) is 0 Å². The predicted molar refractivity (Wildman–Crippen MR) is 118 cm³/mol. The summed E-state index contributed by atoms with van der Waals surface area (Å²) in [5.74, 6) is -0.952. The number of benzene rings is 1. The van der Waals surface area contributed by atoms with E-state index in [0.29, 0.717) is 18.4 Å². The molecule has 0 bridgehead atoms. The van der Waals surface area contributed by atoms with Gasteiger partial charge in [-0.1, -0.05) is 0 Å². The molecule has 3 atom stereocenters. The molecule has 2 heterocycles. The van der Waals surface area contributed by atoms with Crippen molar-refractivity contribution in [3.63, 3.8) is 0 Å². The summed E-state index contributed by atoms with van der Waals surface area (Å²) < 4.78 is 20.5. The van der Waals surface area contributed by atoms with Crippen LogP contribution in [-0.2, 0) is 11.3 Å². The molecule has 0 spiro atoms. The number of aryl methyl sites for hydroxylation is 1. The monoisotopic (exact) mass is 478 g/mol. The fraction of sp³-hybridized carbons (Fsp3) is 0.455. The second-order valence-electron chi connectivity index (χ2n) is 7.61. The van der Waals surface area contributed by atoms with Crippen LogP contribution in [0.1, 0.15) is 40.6 Å². The predicted octanol–water partition coefficient (Wildman–Crippen LogP) is -0.601. The van der Waals surface area contributed by atoms with Gasteiger partial charge in [-0.2, -0.15) is 5.26 Å². The van der Waals surface area contributed by atoms with Gasteiger partial charge in [0.2, 0.25) is 0 Å². The fourth-order valence-corrected chi connectivity index (χ4v) is 3.32. The lowest BCUT2D eigenvalue weighted by Gasteiger charge is -2.18. The molecule has 1 amide bonds. The van der Waals surface area contributed by atoms with E-state index < -0.39 is 36.0 Å². The molecule has 3 rings (SSSR count). The highest BCUT2D eigenvalue weighted by molar-refractivity contribution is 5.94. The van der Waals surface area contributed by atoms with Gasteiger partial charge in [0, 0.05) is 24.4 Å². The first-order chi connectivity index (χ1) is 16.2. The van der Waals surface area contributed by atoms with E-state index in [2.05, 4.69) is 5.32 Å². The Morgan fingerprint density at radius 3 is 2.62 bits per heavy atom. The highest BCUT2D eigenvalue weighted by atomic mass is 19.1. The number of ether oxygens (including phenoxy) is 1. The smallest absolute Gasteiger partial charge is 0.333 e. The first-order valence-electron chi connectivity index (χ1n) is 10.5. The number of nitrogens with zero attached hydrogens (tertiary/aromatic N) is 3. The highest BCUT2D eigenvalue weighted by Crippen LogP contribution is 2.26. The Balaban J connectivity index is 0.000000270. The molecular formula is C22H27FN4O7. The molecule has 184 valence electrons. The molecule has 34 heavy (non-hydrogen) atoms. The van der Waals surface area contributed by atoms with Crippen molar-refractivity contribution in [3.05, 3.63) is 67.7 Å². The van der Waals surface area contributed by atoms with Crippen LogP contribution < -0.4 is 16.6 Å². The number of carbonyl (C=O) groups excluding carboxylic acids is 1. The summed E-state index contributed by atoms with van der Waals surface area (Å²) in [6.07, 6.45) is 0.588. The van der Waals surface area contributed by atoms with E-state index in [1.54, 1.807) is 13.0 Å². The maximum Gasteiger partial charge on any atom is 0.333 e. The average Bonchev–Trinajstić information content (AvgIpc) is 3.33. The van der Waals surface area contributed by atoms with Gasteiger partial charge in [0.1, 0.15) is 18.1 Å². The SMILES string of the molecule is CNC(=O)c1ccc(F)c(C#N)c1.Cc1cn(C2CCC(CO)O2)c(=O)n(CC(O)CO)c1=O. The van der Waals surface area contributed by atoms with Gasteiger partial charge < -0.3 is 25.4 Å². The fourth-order valence-electron chi connectivity index (χ4n) is 3.32. The number of hydrogen-bond donors (Lipinski definition) is 4. The molecule has 2 aromatic rings. The van der Waals surface area contributed by atoms with Crippen LogP contribution in [-0.4, -0.2) is 62.8 Å². The van der Waals surface area contributed by atoms with Gasteiger partial charge in [-0.25, -0.2) is 9.18 Å². The number of halogens is 1. The zero-order chi connectivity index (χ0) is 25.4. The summed E-state index contributed by atoms with van der Waals surface area (Å²) in [4.78, 5) is 35.4. The molecule has 0 aliphatic carbocycles. The van der Waals surface area contributed by atoms with Crippen molar-refractivity contribution >= 4 is 5.91 Å². The first kappa shape index (κ1) is 26.9. The Bertz CT molecular complexity index is 1170. The van der Waals surface area contributed by atoms with Crippen LogP contribution in [0.2, 0.25) is 0 Å². The Hall–Kier alpha value is -3.37. The lowest BCUT2D eigenvalue weighted by Crippen LogP contribution is -2.44. The Morgan fingerprint density at radius 2 is 2.06 bits per heavy atom. The summed E-state index contributed by atoms with van der Waals surface area (Å²) >= 11 is 0. The summed E-state index contributed by atoms with van der Waals surface area (Å²) in [6.45, 7) is 0.643. The maximum atomic E-state index is 12.8. The maximum absolute atomic E-state index is 12.8. The third kappa shape index (κ3) is 6.36. The average molecular weight is 478 g/mol. The summed E-state index contributed by atoms with van der Waals surface area (Å²) in [6, 6.07) is 5.30. The molecule has 0 radical (unpaired) electrons. The molecule has 1 aliphatic heterocycles. The van der Waals surface area contributed by atoms with Crippen LogP contribution in [0.4, 0.5) is 4.39 Å². The number of aliphatic hydroxyl groups excluding tert-OH is 3. The first-order valence-corrected chi connectivity index (χ1v) is 10.5. The van der Waals surface area contributed by atoms with E-state index in [9.17, 15) is 23.9 Å². The van der Waals surface area contributed by atoms with E-state index in [1.165, 1.54) is 29.9 Å². The zero-order valence-corrected chi connectivity index (χ0v) is 18.8. The number of amides is 1. The van der Waals surface area contributed by atoms with Gasteiger partial charge in [0.25, 0.3) is 11.5 Å². The molecular weight excluding hydrogens is 451 g/mol. The van der Waals surface area contributed by atoms with Crippen molar-refractivity contribution in [3.8, 4) is 6.07 Å². The van der Waals surface area contributed by atoms with Gasteiger partial charge in [-0.15, -0.1) is 0 Å². The minimum Gasteiger partial charge on any atom is -0.394 e. The van der Waals surface area contributed by atoms with Gasteiger partial charge in [-0.05, 0) is 38.0 Å². The molecule has 0 saturated carbocycles. The number of aliphatic hydroxyl groups is 3. The number of nitrogens with one attached hydrogen (secondary N) is 1. The molecule has 1 aliphatic rings. The van der Waals surface area contributed by atoms with Gasteiger partial charge in [0.15, 0.2) is 0 Å². The lowest BCUT2D eigenvalue weighted by atomic mass is 10.1. The number of carbonyl (C=O) groups is 1. The Morgan fingerprint density at radius 1 is 1.35 bits per heavy atom. The van der Waals surface area contributed by atoms with E-state index >= 15 is 0 Å². The number of nitriles is 1. The Labute approximate surface area is 194 Å². The molecule has 11 nitrogen and oxygen atoms in total. The van der Waals surface area contributed by atoms with Crippen LogP contribution in [0.5, 0.6) is 0 Å². The quantitative estimate of drug-likeness (QED) is 0.427. The van der Waals surface area contributed by atoms with E-state index in [1.807, 2.05) is 0 Å². The van der Waals surface area contributed by atoms with Crippen LogP contribution >= 0.6 is 0 Å². The van der Waals surface area contributed by atoms with E-state index in [4.69, 9.17) is 20.2 Å². The molecule has 1 aromatic carbocycles. The number of aromatic nitrogens is 2. The molecule has 3 unspecified atom stereocenters. The van der Waals surface area contributed by atoms with Crippen molar-refractivity contribution in [2.24, 2.45) is 0 Å². The van der Waals surface area contributed by atoms with Crippen LogP contribution in [0.25, 0.3) is 0 Å². The van der Waals surface area contributed by atoms with Crippen LogP contribution in [0, 0.1) is 24.1 Å². The topological polar surface area (TPSA) is 167 Å². The second-order valence-corrected chi connectivity index (χ2v) is 7.61. The summed E-state index contributed by atoms with van der Waals surface area (Å²) in [7, 11) is 1.47. The summed E-state index contributed by atoms with van der Waals surface area (Å²) in [5, 5.41) is 38.3. The molecule has 1 fully saturated rings. The van der Waals surface area contributed by atoms with Crippen molar-refractivity contribution in [1.29, 1.82) is 5.26 Å². The lowest BCUT2D eigenvalue weighted by molar-refractivity contribution is -0.0257. The van der Waals surface area contributed by atoms with Crippen molar-refractivity contribution in [2.45, 2.75) is 44.7 Å². The third-order valence-corrected chi connectivity index (χ3v) is 5.15. The van der Waals surface area contributed by atoms with Crippen molar-refractivity contribution in [2.75, 3.05) is 20.3 Å². The standard InChI is InChI=1S/C13H20N2O6.C9H7FN2O/c1-8-4-14(11-3-2-10(7-17)21-11)13(20)15(12(8)19)5-9(18)6-16;1-12-9(13)6-2-3-8(10)7(4-6)5-11/h4,9-11,16-18H,2-3,5-7H2,1H3;2-4H,1H3,(H,12,13). The van der Waals surface area contributed by atoms with Gasteiger partial charge in [-0.3, -0.25) is 18.7 Å². The highest BCUT2D eigenvalue weighted by Gasteiger charge is 2.28. The number of hydrogen-bond acceptors (Lipinski definition) is 8. The van der Waals surface area contributed by atoms with Crippen molar-refractivity contribution in [1.82, 2.24) is 14.5 Å². The molecule has 4 N–H and O–H groups in total. The molecule has 1 aromatic heterocycles. The van der Waals surface area contributed by atoms with E-state index in [0.717, 1.165) is 10.6 Å². The van der Waals surface area contributed by atoms with E-state index in [-0.39, 0.29) is 36.3 Å². The van der Waals surface area contributed by atoms with Crippen LogP contribution in [0.15, 0.2) is 34.0 Å². The van der Waals surface area contributed by atoms with Gasteiger partial charge >= 0.3 is 5.69 Å². The van der Waals surface area contributed by atoms with Gasteiger partial charge in [0.05, 0.1) is 37.5 Å². The number of rotatable bonds is 6. The van der Waals surface area contributed by atoms with Crippen molar-refractivity contribution < 1.29 is 29.2 Å². The summed E-state index contributed by atoms with van der Waals surface area (Å²) in [5.41, 5.74) is -0.598. The Kier molecular flexibility index (Phi) is 9.64. The minimum atomic E-state index is -1.18. The largest absolute Gasteiger partial charge is 0.394 e. The molecule has 12 heteroatoms. The second kappa shape index (κ2) is 12.2. The zero-order valence-electron chi connectivity index (χ0n) is 18.8. The normalized spacial score (nSPS) is 17.9. The molecule has 1 saturated heterocycles. The third-order valence-electron chi connectivity index (χ3n) is 5.15.